The lowest BCUT2D eigenvalue weighted by molar-refractivity contribution is 0.177. The second-order valence-corrected chi connectivity index (χ2v) is 4.65. The minimum Gasteiger partial charge on any atom is -0.447 e. The Kier molecular flexibility index (Phi) is 3.38. The van der Waals surface area contributed by atoms with Crippen LogP contribution >= 0.6 is 0 Å². The van der Waals surface area contributed by atoms with Gasteiger partial charge >= 0.3 is 6.09 Å². The number of carbonyl (C=O) groups excluding carboxylic acids is 1. The van der Waals surface area contributed by atoms with Crippen molar-refractivity contribution in [3.63, 3.8) is 0 Å². The minimum absolute atomic E-state index is 0.0320. The molecule has 0 aliphatic carbocycles. The quantitative estimate of drug-likeness (QED) is 0.827. The summed E-state index contributed by atoms with van der Waals surface area (Å²) in [5, 5.41) is 8.63. The van der Waals surface area contributed by atoms with E-state index in [9.17, 15) is 13.6 Å². The van der Waals surface area contributed by atoms with Crippen LogP contribution in [-0.4, -0.2) is 18.7 Å². The molecule has 1 fully saturated rings. The summed E-state index contributed by atoms with van der Waals surface area (Å²) in [7, 11) is 0. The molecule has 0 radical (unpaired) electrons. The molecule has 1 saturated heterocycles. The summed E-state index contributed by atoms with van der Waals surface area (Å²) in [6, 6.07) is 2.84. The molecule has 1 unspecified atom stereocenters. The molecule has 2 rings (SSSR count). The van der Waals surface area contributed by atoms with Gasteiger partial charge in [-0.1, -0.05) is 13.8 Å². The molecule has 1 amide bonds. The van der Waals surface area contributed by atoms with E-state index in [1.807, 2.05) is 13.8 Å². The molecule has 1 aliphatic heterocycles. The number of rotatable bonds is 2. The fourth-order valence-electron chi connectivity index (χ4n) is 2.01. The highest BCUT2D eigenvalue weighted by atomic mass is 19.1. The van der Waals surface area contributed by atoms with Gasteiger partial charge in [-0.05, 0) is 12.0 Å². The number of benzene rings is 1. The molecular formula is C13H12F2N2O2. The number of cyclic esters (lactones) is 1. The lowest BCUT2D eigenvalue weighted by atomic mass is 10.0. The summed E-state index contributed by atoms with van der Waals surface area (Å²) in [5.41, 5.74) is -0.590. The Morgan fingerprint density at radius 3 is 2.68 bits per heavy atom. The monoisotopic (exact) mass is 266 g/mol. The van der Waals surface area contributed by atoms with Crippen molar-refractivity contribution in [1.82, 2.24) is 0 Å². The van der Waals surface area contributed by atoms with E-state index >= 15 is 0 Å². The number of halogens is 2. The Hall–Kier alpha value is -2.16. The third-order valence-corrected chi connectivity index (χ3v) is 3.09. The van der Waals surface area contributed by atoms with Crippen molar-refractivity contribution in [2.75, 3.05) is 11.5 Å². The number of hydrogen-bond acceptors (Lipinski definition) is 3. The van der Waals surface area contributed by atoms with Crippen LogP contribution < -0.4 is 4.90 Å². The normalized spacial score (nSPS) is 18.6. The van der Waals surface area contributed by atoms with Crippen LogP contribution in [0.3, 0.4) is 0 Å². The molecule has 1 aromatic carbocycles. The third-order valence-electron chi connectivity index (χ3n) is 3.09. The molecule has 0 spiro atoms. The molecule has 1 aliphatic rings. The van der Waals surface area contributed by atoms with Crippen LogP contribution in [0, 0.1) is 28.9 Å². The van der Waals surface area contributed by atoms with E-state index < -0.39 is 23.3 Å². The molecule has 100 valence electrons. The van der Waals surface area contributed by atoms with Gasteiger partial charge in [0.1, 0.15) is 24.3 Å². The summed E-state index contributed by atoms with van der Waals surface area (Å²) in [4.78, 5) is 12.8. The SMILES string of the molecule is CC(C)C1COC(=O)N1c1cc(F)c(C#N)cc1F. The molecule has 1 atom stereocenters. The maximum absolute atomic E-state index is 13.9. The maximum atomic E-state index is 13.9. The Labute approximate surface area is 109 Å². The predicted molar refractivity (Wildman–Crippen MR) is 63.5 cm³/mol. The average molecular weight is 266 g/mol. The van der Waals surface area contributed by atoms with E-state index in [-0.39, 0.29) is 24.3 Å². The molecule has 0 N–H and O–H groups in total. The minimum atomic E-state index is -0.860. The Morgan fingerprint density at radius 1 is 1.42 bits per heavy atom. The molecule has 0 saturated carbocycles. The van der Waals surface area contributed by atoms with Gasteiger partial charge < -0.3 is 4.74 Å². The molecule has 1 aromatic rings. The molecule has 1 heterocycles. The second kappa shape index (κ2) is 4.84. The van der Waals surface area contributed by atoms with Crippen molar-refractivity contribution in [2.24, 2.45) is 5.92 Å². The van der Waals surface area contributed by atoms with Gasteiger partial charge in [0, 0.05) is 6.07 Å². The Balaban J connectivity index is 2.49. The average Bonchev–Trinajstić information content (AvgIpc) is 2.73. The maximum Gasteiger partial charge on any atom is 0.414 e. The van der Waals surface area contributed by atoms with E-state index in [1.54, 1.807) is 6.07 Å². The Bertz CT molecular complexity index is 566. The van der Waals surface area contributed by atoms with E-state index in [4.69, 9.17) is 10.00 Å². The number of hydrogen-bond donors (Lipinski definition) is 0. The standard InChI is InChI=1S/C13H12F2N2O2/c1-7(2)12-6-19-13(18)17(12)11-4-9(14)8(5-16)3-10(11)15/h3-4,7,12H,6H2,1-2H3. The number of ether oxygens (including phenoxy) is 1. The zero-order chi connectivity index (χ0) is 14.2. The first-order valence-corrected chi connectivity index (χ1v) is 5.80. The largest absolute Gasteiger partial charge is 0.447 e. The first-order valence-electron chi connectivity index (χ1n) is 5.80. The van der Waals surface area contributed by atoms with Gasteiger partial charge in [0.05, 0.1) is 17.3 Å². The summed E-state index contributed by atoms with van der Waals surface area (Å²) < 4.78 is 32.4. The molecule has 4 nitrogen and oxygen atoms in total. The van der Waals surface area contributed by atoms with Crippen LogP contribution in [0.4, 0.5) is 19.3 Å². The summed E-state index contributed by atoms with van der Waals surface area (Å²) >= 11 is 0. The van der Waals surface area contributed by atoms with Crippen LogP contribution in [-0.2, 0) is 4.74 Å². The highest BCUT2D eigenvalue weighted by Gasteiger charge is 2.37. The lowest BCUT2D eigenvalue weighted by Gasteiger charge is -2.24. The molecule has 19 heavy (non-hydrogen) atoms. The van der Waals surface area contributed by atoms with Crippen molar-refractivity contribution in [3.8, 4) is 6.07 Å². The van der Waals surface area contributed by atoms with E-state index in [1.165, 1.54) is 0 Å². The number of carbonyl (C=O) groups is 1. The van der Waals surface area contributed by atoms with Crippen LogP contribution in [0.15, 0.2) is 12.1 Å². The molecular weight excluding hydrogens is 254 g/mol. The first-order chi connectivity index (χ1) is 8.95. The van der Waals surface area contributed by atoms with E-state index in [0.717, 1.165) is 17.0 Å². The van der Waals surface area contributed by atoms with Gasteiger partial charge in [-0.15, -0.1) is 0 Å². The smallest absolute Gasteiger partial charge is 0.414 e. The predicted octanol–water partition coefficient (Wildman–Crippen LogP) is 2.82. The topological polar surface area (TPSA) is 53.3 Å². The fourth-order valence-corrected chi connectivity index (χ4v) is 2.01. The summed E-state index contributed by atoms with van der Waals surface area (Å²) in [6.45, 7) is 3.85. The molecule has 0 aromatic heterocycles. The third kappa shape index (κ3) is 2.24. The van der Waals surface area contributed by atoms with Crippen LogP contribution in [0.1, 0.15) is 19.4 Å². The zero-order valence-electron chi connectivity index (χ0n) is 10.5. The van der Waals surface area contributed by atoms with Gasteiger partial charge in [0.2, 0.25) is 0 Å². The van der Waals surface area contributed by atoms with Gasteiger partial charge in [-0.2, -0.15) is 5.26 Å². The van der Waals surface area contributed by atoms with Crippen molar-refractivity contribution < 1.29 is 18.3 Å². The van der Waals surface area contributed by atoms with Gasteiger partial charge in [0.25, 0.3) is 0 Å². The highest BCUT2D eigenvalue weighted by Crippen LogP contribution is 2.30. The number of amides is 1. The first kappa shape index (κ1) is 13.3. The fraction of sp³-hybridized carbons (Fsp3) is 0.385. The lowest BCUT2D eigenvalue weighted by Crippen LogP contribution is -2.37. The number of nitriles is 1. The second-order valence-electron chi connectivity index (χ2n) is 4.65. The van der Waals surface area contributed by atoms with Crippen LogP contribution in [0.5, 0.6) is 0 Å². The van der Waals surface area contributed by atoms with Gasteiger partial charge in [-0.25, -0.2) is 13.6 Å². The van der Waals surface area contributed by atoms with Crippen molar-refractivity contribution in [3.05, 3.63) is 29.3 Å². The Morgan fingerprint density at radius 2 is 2.11 bits per heavy atom. The van der Waals surface area contributed by atoms with Crippen LogP contribution in [0.2, 0.25) is 0 Å². The van der Waals surface area contributed by atoms with Gasteiger partial charge in [0.15, 0.2) is 0 Å². The number of anilines is 1. The molecule has 0 bridgehead atoms. The number of nitrogens with zero attached hydrogens (tertiary/aromatic N) is 2. The van der Waals surface area contributed by atoms with E-state index in [0.29, 0.717) is 0 Å². The van der Waals surface area contributed by atoms with Crippen LogP contribution in [0.25, 0.3) is 0 Å². The summed E-state index contributed by atoms with van der Waals surface area (Å²) in [5.74, 6) is -1.65. The summed E-state index contributed by atoms with van der Waals surface area (Å²) in [6.07, 6.45) is -0.707. The van der Waals surface area contributed by atoms with Crippen molar-refractivity contribution in [2.45, 2.75) is 19.9 Å². The van der Waals surface area contributed by atoms with Crippen molar-refractivity contribution in [1.29, 1.82) is 5.26 Å². The highest BCUT2D eigenvalue weighted by molar-refractivity contribution is 5.90. The van der Waals surface area contributed by atoms with Gasteiger partial charge in [-0.3, -0.25) is 4.90 Å². The van der Waals surface area contributed by atoms with Crippen molar-refractivity contribution >= 4 is 11.8 Å². The molecule has 6 heteroatoms. The zero-order valence-corrected chi connectivity index (χ0v) is 10.5. The van der Waals surface area contributed by atoms with E-state index in [2.05, 4.69) is 0 Å².